The molecule has 2 aromatic rings. The normalized spacial score (nSPS) is 14.2. The number of ether oxygens (including phenoxy) is 2. The maximum Gasteiger partial charge on any atom is 0.426 e. The molecule has 0 saturated carbocycles. The third-order valence-corrected chi connectivity index (χ3v) is 4.87. The van der Waals surface area contributed by atoms with E-state index in [9.17, 15) is 14.7 Å². The maximum atomic E-state index is 13.1. The second-order valence-electron chi connectivity index (χ2n) is 9.50. The quantitative estimate of drug-likeness (QED) is 0.276. The van der Waals surface area contributed by atoms with Crippen LogP contribution in [0.4, 0.5) is 4.79 Å². The first-order chi connectivity index (χ1) is 16.0. The highest BCUT2D eigenvalue weighted by molar-refractivity contribution is 5.74. The van der Waals surface area contributed by atoms with Gasteiger partial charge >= 0.3 is 12.1 Å². The molecule has 0 spiro atoms. The second-order valence-corrected chi connectivity index (χ2v) is 9.50. The van der Waals surface area contributed by atoms with Crippen molar-refractivity contribution in [1.29, 1.82) is 0 Å². The van der Waals surface area contributed by atoms with E-state index in [0.717, 1.165) is 16.1 Å². The Balaban J connectivity index is 2.26. The van der Waals surface area contributed by atoms with Gasteiger partial charge in [-0.2, -0.15) is 0 Å². The summed E-state index contributed by atoms with van der Waals surface area (Å²) in [5.74, 6) is -1.62. The van der Waals surface area contributed by atoms with E-state index in [1.54, 1.807) is 20.8 Å². The minimum absolute atomic E-state index is 0.0624. The van der Waals surface area contributed by atoms with Gasteiger partial charge < -0.3 is 20.3 Å². The summed E-state index contributed by atoms with van der Waals surface area (Å²) in [5.41, 5.74) is 10.1. The summed E-state index contributed by atoms with van der Waals surface area (Å²) in [7, 11) is 0. The van der Waals surface area contributed by atoms with Gasteiger partial charge in [0, 0.05) is 6.04 Å². The number of aliphatic hydroxyl groups is 1. The van der Waals surface area contributed by atoms with Crippen LogP contribution in [0.2, 0.25) is 0 Å². The third kappa shape index (κ3) is 8.78. The van der Waals surface area contributed by atoms with Gasteiger partial charge in [-0.05, 0) is 52.2 Å². The van der Waals surface area contributed by atoms with Crippen molar-refractivity contribution >= 4 is 12.1 Å². The van der Waals surface area contributed by atoms with E-state index in [-0.39, 0.29) is 19.1 Å². The van der Waals surface area contributed by atoms with Crippen molar-refractivity contribution in [2.24, 2.45) is 11.7 Å². The highest BCUT2D eigenvalue weighted by atomic mass is 16.6. The summed E-state index contributed by atoms with van der Waals surface area (Å²) >= 11 is 0. The number of benzene rings is 2. The molecule has 1 unspecified atom stereocenters. The lowest BCUT2D eigenvalue weighted by molar-refractivity contribution is -0.156. The first-order valence-electron chi connectivity index (χ1n) is 11.4. The average Bonchev–Trinajstić information content (AvgIpc) is 2.78. The van der Waals surface area contributed by atoms with E-state index in [4.69, 9.17) is 15.2 Å². The van der Waals surface area contributed by atoms with Gasteiger partial charge in [-0.3, -0.25) is 4.79 Å². The molecule has 0 heterocycles. The number of esters is 1. The van der Waals surface area contributed by atoms with Crippen LogP contribution in [0.1, 0.15) is 45.7 Å². The van der Waals surface area contributed by atoms with Crippen LogP contribution >= 0.6 is 0 Å². The Hall–Kier alpha value is -2.94. The molecule has 4 N–H and O–H groups in total. The van der Waals surface area contributed by atoms with E-state index in [1.165, 1.54) is 0 Å². The van der Waals surface area contributed by atoms with Crippen molar-refractivity contribution in [3.05, 3.63) is 71.8 Å². The molecule has 2 aromatic carbocycles. The van der Waals surface area contributed by atoms with Gasteiger partial charge in [-0.15, -0.1) is 0 Å². The fourth-order valence-electron chi connectivity index (χ4n) is 3.29. The van der Waals surface area contributed by atoms with Crippen LogP contribution in [0, 0.1) is 5.92 Å². The van der Waals surface area contributed by atoms with Gasteiger partial charge in [0.15, 0.2) is 0 Å². The zero-order valence-electron chi connectivity index (χ0n) is 20.6. The standard InChI is InChI=1S/C26H37N3O5/c1-18(2)28-29(25(32)34-26(3,4)5)23(27)22(30)21(16-19-12-8-6-9-13-19)24(31)33-17-20-14-10-7-11-15-20/h6-15,18,21-23,28,30H,16-17,27H2,1-5H3/t21-,22-,23?/m0/s1. The molecular weight excluding hydrogens is 434 g/mol. The smallest absolute Gasteiger partial charge is 0.426 e. The number of nitrogens with one attached hydrogen (secondary N) is 1. The largest absolute Gasteiger partial charge is 0.461 e. The summed E-state index contributed by atoms with van der Waals surface area (Å²) in [6.07, 6.45) is -3.26. The zero-order valence-corrected chi connectivity index (χ0v) is 20.6. The highest BCUT2D eigenvalue weighted by Crippen LogP contribution is 2.20. The van der Waals surface area contributed by atoms with E-state index >= 15 is 0 Å². The van der Waals surface area contributed by atoms with Crippen LogP contribution in [-0.4, -0.2) is 46.1 Å². The van der Waals surface area contributed by atoms with Gasteiger partial charge in [0.2, 0.25) is 0 Å². The average molecular weight is 472 g/mol. The van der Waals surface area contributed by atoms with Crippen LogP contribution in [0.25, 0.3) is 0 Å². The minimum atomic E-state index is -1.43. The van der Waals surface area contributed by atoms with E-state index in [0.29, 0.717) is 0 Å². The molecule has 0 saturated heterocycles. The first-order valence-corrected chi connectivity index (χ1v) is 11.4. The first kappa shape index (κ1) is 27.3. The van der Waals surface area contributed by atoms with Crippen molar-refractivity contribution in [2.45, 2.75) is 71.6 Å². The number of hydrogen-bond acceptors (Lipinski definition) is 7. The lowest BCUT2D eigenvalue weighted by Crippen LogP contribution is -2.63. The van der Waals surface area contributed by atoms with Crippen molar-refractivity contribution in [2.75, 3.05) is 0 Å². The van der Waals surface area contributed by atoms with E-state index < -0.39 is 35.9 Å². The number of hydrazine groups is 1. The fraction of sp³-hybridized carbons (Fsp3) is 0.462. The second kappa shape index (κ2) is 12.5. The van der Waals surface area contributed by atoms with Gasteiger partial charge in [0.1, 0.15) is 24.5 Å². The number of nitrogens with two attached hydrogens (primary N) is 1. The Bertz CT molecular complexity index is 900. The Kier molecular flexibility index (Phi) is 10.0. The molecule has 2 rings (SSSR count). The van der Waals surface area contributed by atoms with Crippen LogP contribution in [0.5, 0.6) is 0 Å². The van der Waals surface area contributed by atoms with Gasteiger partial charge in [-0.25, -0.2) is 15.2 Å². The minimum Gasteiger partial charge on any atom is -0.461 e. The fourth-order valence-corrected chi connectivity index (χ4v) is 3.29. The zero-order chi connectivity index (χ0) is 25.3. The molecule has 8 heteroatoms. The molecule has 8 nitrogen and oxygen atoms in total. The number of amides is 1. The number of aliphatic hydroxyl groups excluding tert-OH is 1. The predicted octanol–water partition coefficient (Wildman–Crippen LogP) is 3.38. The Morgan fingerprint density at radius 1 is 1.00 bits per heavy atom. The molecule has 0 aromatic heterocycles. The molecule has 1 amide bonds. The Labute approximate surface area is 202 Å². The van der Waals surface area contributed by atoms with Crippen molar-refractivity contribution in [3.63, 3.8) is 0 Å². The summed E-state index contributed by atoms with van der Waals surface area (Å²) in [4.78, 5) is 26.0. The van der Waals surface area contributed by atoms with Crippen LogP contribution in [0.15, 0.2) is 60.7 Å². The van der Waals surface area contributed by atoms with Gasteiger partial charge in [0.05, 0.1) is 5.92 Å². The SMILES string of the molecule is CC(C)NN(C(=O)OC(C)(C)C)C(N)[C@@H](O)[C@H](Cc1ccccc1)C(=O)OCc1ccccc1. The molecule has 186 valence electrons. The number of carbonyl (C=O) groups is 2. The summed E-state index contributed by atoms with van der Waals surface area (Å²) in [6.45, 7) is 8.92. The molecule has 0 aliphatic heterocycles. The van der Waals surface area contributed by atoms with Crippen LogP contribution in [0.3, 0.4) is 0 Å². The Morgan fingerprint density at radius 3 is 2.03 bits per heavy atom. The van der Waals surface area contributed by atoms with Crippen molar-refractivity contribution in [1.82, 2.24) is 10.4 Å². The summed E-state index contributed by atoms with van der Waals surface area (Å²) < 4.78 is 11.0. The van der Waals surface area contributed by atoms with Crippen molar-refractivity contribution < 1.29 is 24.2 Å². The summed E-state index contributed by atoms with van der Waals surface area (Å²) in [6, 6.07) is 18.4. The molecule has 0 fully saturated rings. The topological polar surface area (TPSA) is 114 Å². The maximum absolute atomic E-state index is 13.1. The highest BCUT2D eigenvalue weighted by Gasteiger charge is 2.39. The molecule has 3 atom stereocenters. The molecule has 0 aliphatic rings. The van der Waals surface area contributed by atoms with E-state index in [2.05, 4.69) is 5.43 Å². The number of nitrogens with zero attached hydrogens (tertiary/aromatic N) is 1. The lowest BCUT2D eigenvalue weighted by Gasteiger charge is -2.36. The Morgan fingerprint density at radius 2 is 1.53 bits per heavy atom. The molecule has 0 aliphatic carbocycles. The van der Waals surface area contributed by atoms with Crippen LogP contribution < -0.4 is 11.2 Å². The van der Waals surface area contributed by atoms with Gasteiger partial charge in [0.25, 0.3) is 0 Å². The molecule has 0 bridgehead atoms. The van der Waals surface area contributed by atoms with Crippen molar-refractivity contribution in [3.8, 4) is 0 Å². The monoisotopic (exact) mass is 471 g/mol. The summed E-state index contributed by atoms with van der Waals surface area (Å²) in [5, 5.41) is 12.3. The van der Waals surface area contributed by atoms with Crippen LogP contribution in [-0.2, 0) is 27.3 Å². The predicted molar refractivity (Wildman–Crippen MR) is 130 cm³/mol. The molecule has 34 heavy (non-hydrogen) atoms. The molecular formula is C26H37N3O5. The molecule has 0 radical (unpaired) electrons. The third-order valence-electron chi connectivity index (χ3n) is 4.87. The van der Waals surface area contributed by atoms with E-state index in [1.807, 2.05) is 74.5 Å². The number of rotatable bonds is 10. The number of hydrogen-bond donors (Lipinski definition) is 3. The lowest BCUT2D eigenvalue weighted by atomic mass is 9.92. The van der Waals surface area contributed by atoms with Gasteiger partial charge in [-0.1, -0.05) is 60.7 Å². The number of carbonyl (C=O) groups excluding carboxylic acids is 2.